The summed E-state index contributed by atoms with van der Waals surface area (Å²) in [4.78, 5) is 0.323. The molecule has 2 rings (SSSR count). The Hall–Kier alpha value is -1.27. The predicted molar refractivity (Wildman–Crippen MR) is 66.4 cm³/mol. The Kier molecular flexibility index (Phi) is 3.26. The maximum absolute atomic E-state index is 12.1. The molecule has 0 spiro atoms. The van der Waals surface area contributed by atoms with Crippen molar-refractivity contribution in [3.8, 4) is 5.75 Å². The zero-order valence-electron chi connectivity index (χ0n) is 9.86. The van der Waals surface area contributed by atoms with Crippen molar-refractivity contribution in [1.82, 2.24) is 5.32 Å². The van der Waals surface area contributed by atoms with Crippen LogP contribution in [0.1, 0.15) is 0 Å². The third kappa shape index (κ3) is 2.23. The fourth-order valence-electron chi connectivity index (χ4n) is 2.04. The predicted octanol–water partition coefficient (Wildman–Crippen LogP) is 0.482. The number of benzene rings is 1. The van der Waals surface area contributed by atoms with Crippen LogP contribution in [-0.2, 0) is 9.84 Å². The molecule has 1 aliphatic rings. The molecule has 94 valence electrons. The average Bonchev–Trinajstić information content (AvgIpc) is 2.28. The van der Waals surface area contributed by atoms with Crippen LogP contribution in [0.5, 0.6) is 5.75 Å². The van der Waals surface area contributed by atoms with Gasteiger partial charge in [0, 0.05) is 6.54 Å². The molecule has 0 radical (unpaired) electrons. The number of ether oxygens (including phenoxy) is 1. The van der Waals surface area contributed by atoms with Gasteiger partial charge in [0.15, 0.2) is 9.84 Å². The highest BCUT2D eigenvalue weighted by molar-refractivity contribution is 7.91. The van der Waals surface area contributed by atoms with Gasteiger partial charge in [0.05, 0.1) is 29.5 Å². The fourth-order valence-corrected chi connectivity index (χ4v) is 3.71. The smallest absolute Gasteiger partial charge is 0.182 e. The summed E-state index contributed by atoms with van der Waals surface area (Å²) in [5.74, 6) is 0.667. The maximum Gasteiger partial charge on any atom is 0.182 e. The molecule has 0 bridgehead atoms. The number of likely N-dealkylation sites (N-methyl/N-ethyl adjacent to an activating group) is 1. The molecular weight excluding hydrogens is 240 g/mol. The van der Waals surface area contributed by atoms with E-state index < -0.39 is 9.84 Å². The molecule has 1 aromatic rings. The monoisotopic (exact) mass is 256 g/mol. The summed E-state index contributed by atoms with van der Waals surface area (Å²) in [6, 6.07) is 4.92. The lowest BCUT2D eigenvalue weighted by atomic mass is 10.2. The zero-order chi connectivity index (χ0) is 12.5. The summed E-state index contributed by atoms with van der Waals surface area (Å²) >= 11 is 0. The largest absolute Gasteiger partial charge is 0.495 e. The van der Waals surface area contributed by atoms with Gasteiger partial charge in [-0.15, -0.1) is 0 Å². The molecule has 1 aliphatic heterocycles. The highest BCUT2D eigenvalue weighted by Gasteiger charge is 2.31. The molecule has 1 heterocycles. The zero-order valence-corrected chi connectivity index (χ0v) is 10.7. The SMILES string of the molecule is CNCC1CS(=O)(=O)c2cccc(OC)c2N1. The lowest BCUT2D eigenvalue weighted by molar-refractivity contribution is 0.414. The summed E-state index contributed by atoms with van der Waals surface area (Å²) in [7, 11) is 0.102. The second kappa shape index (κ2) is 4.54. The molecule has 1 aromatic carbocycles. The molecule has 0 aliphatic carbocycles. The minimum Gasteiger partial charge on any atom is -0.495 e. The van der Waals surface area contributed by atoms with Gasteiger partial charge in [-0.05, 0) is 19.2 Å². The van der Waals surface area contributed by atoms with Gasteiger partial charge in [-0.1, -0.05) is 6.07 Å². The van der Waals surface area contributed by atoms with Crippen molar-refractivity contribution < 1.29 is 13.2 Å². The third-order valence-electron chi connectivity index (χ3n) is 2.76. The Labute approximate surface area is 101 Å². The first-order chi connectivity index (χ1) is 8.08. The van der Waals surface area contributed by atoms with E-state index in [9.17, 15) is 8.42 Å². The number of para-hydroxylation sites is 1. The molecule has 2 N–H and O–H groups in total. The van der Waals surface area contributed by atoms with Crippen LogP contribution >= 0.6 is 0 Å². The van der Waals surface area contributed by atoms with Crippen molar-refractivity contribution in [2.75, 3.05) is 31.8 Å². The van der Waals surface area contributed by atoms with E-state index in [1.807, 2.05) is 0 Å². The van der Waals surface area contributed by atoms with Crippen LogP contribution in [0.25, 0.3) is 0 Å². The number of fused-ring (bicyclic) bond motifs is 1. The summed E-state index contributed by atoms with van der Waals surface area (Å²) in [6.45, 7) is 0.594. The van der Waals surface area contributed by atoms with Crippen molar-refractivity contribution in [1.29, 1.82) is 0 Å². The van der Waals surface area contributed by atoms with E-state index in [2.05, 4.69) is 10.6 Å². The lowest BCUT2D eigenvalue weighted by Gasteiger charge is -2.27. The van der Waals surface area contributed by atoms with Crippen LogP contribution in [0.3, 0.4) is 0 Å². The van der Waals surface area contributed by atoms with Gasteiger partial charge in [0.2, 0.25) is 0 Å². The molecule has 17 heavy (non-hydrogen) atoms. The van der Waals surface area contributed by atoms with Gasteiger partial charge in [-0.25, -0.2) is 8.42 Å². The second-order valence-corrected chi connectivity index (χ2v) is 6.02. The first-order valence-electron chi connectivity index (χ1n) is 5.39. The van der Waals surface area contributed by atoms with Gasteiger partial charge in [-0.2, -0.15) is 0 Å². The van der Waals surface area contributed by atoms with Gasteiger partial charge >= 0.3 is 0 Å². The summed E-state index contributed by atoms with van der Waals surface area (Å²) in [5.41, 5.74) is 0.571. The van der Waals surface area contributed by atoms with Crippen molar-refractivity contribution in [3.63, 3.8) is 0 Å². The third-order valence-corrected chi connectivity index (χ3v) is 4.61. The van der Waals surface area contributed by atoms with Crippen molar-refractivity contribution >= 4 is 15.5 Å². The highest BCUT2D eigenvalue weighted by atomic mass is 32.2. The van der Waals surface area contributed by atoms with E-state index in [0.717, 1.165) is 0 Å². The average molecular weight is 256 g/mol. The van der Waals surface area contributed by atoms with Gasteiger partial charge in [-0.3, -0.25) is 0 Å². The van der Waals surface area contributed by atoms with Gasteiger partial charge in [0.1, 0.15) is 5.75 Å². The summed E-state index contributed by atoms with van der Waals surface area (Å²) in [6.07, 6.45) is 0. The molecule has 1 atom stereocenters. The molecule has 1 unspecified atom stereocenters. The number of sulfone groups is 1. The van der Waals surface area contributed by atoms with Crippen LogP contribution < -0.4 is 15.4 Å². The molecule has 0 saturated heterocycles. The Balaban J connectivity index is 2.49. The normalized spacial score (nSPS) is 21.4. The second-order valence-electron chi connectivity index (χ2n) is 4.01. The first kappa shape index (κ1) is 12.2. The lowest BCUT2D eigenvalue weighted by Crippen LogP contribution is -2.40. The summed E-state index contributed by atoms with van der Waals surface area (Å²) in [5, 5.41) is 6.18. The Bertz CT molecular complexity index is 513. The summed E-state index contributed by atoms with van der Waals surface area (Å²) < 4.78 is 29.4. The molecule has 0 aromatic heterocycles. The van der Waals surface area contributed by atoms with Crippen molar-refractivity contribution in [2.24, 2.45) is 0 Å². The number of methoxy groups -OCH3 is 1. The van der Waals surface area contributed by atoms with Crippen LogP contribution in [0.2, 0.25) is 0 Å². The van der Waals surface area contributed by atoms with E-state index in [-0.39, 0.29) is 11.8 Å². The van der Waals surface area contributed by atoms with E-state index in [1.54, 1.807) is 25.2 Å². The minimum atomic E-state index is -3.23. The standard InChI is InChI=1S/C11H16N2O3S/c1-12-6-8-7-17(14,15)10-5-3-4-9(16-2)11(10)13-8/h3-5,8,12-13H,6-7H2,1-2H3. The van der Waals surface area contributed by atoms with Crippen LogP contribution in [-0.4, -0.2) is 40.9 Å². The first-order valence-corrected chi connectivity index (χ1v) is 7.04. The number of anilines is 1. The highest BCUT2D eigenvalue weighted by Crippen LogP contribution is 2.35. The molecular formula is C11H16N2O3S. The molecule has 6 heteroatoms. The minimum absolute atomic E-state index is 0.105. The van der Waals surface area contributed by atoms with Crippen molar-refractivity contribution in [3.05, 3.63) is 18.2 Å². The quantitative estimate of drug-likeness (QED) is 0.823. The number of hydrogen-bond donors (Lipinski definition) is 2. The van der Waals surface area contributed by atoms with Crippen LogP contribution in [0, 0.1) is 0 Å². The van der Waals surface area contributed by atoms with Crippen LogP contribution in [0.15, 0.2) is 23.1 Å². The van der Waals surface area contributed by atoms with E-state index in [0.29, 0.717) is 22.9 Å². The van der Waals surface area contributed by atoms with E-state index in [1.165, 1.54) is 7.11 Å². The van der Waals surface area contributed by atoms with Crippen LogP contribution in [0.4, 0.5) is 5.69 Å². The van der Waals surface area contributed by atoms with Gasteiger partial charge in [0.25, 0.3) is 0 Å². The molecule has 5 nitrogen and oxygen atoms in total. The molecule has 0 saturated carbocycles. The Morgan fingerprint density at radius 1 is 1.53 bits per heavy atom. The Morgan fingerprint density at radius 3 is 2.94 bits per heavy atom. The molecule has 0 amide bonds. The van der Waals surface area contributed by atoms with Crippen molar-refractivity contribution in [2.45, 2.75) is 10.9 Å². The van der Waals surface area contributed by atoms with E-state index in [4.69, 9.17) is 4.74 Å². The maximum atomic E-state index is 12.1. The van der Waals surface area contributed by atoms with E-state index >= 15 is 0 Å². The number of nitrogens with one attached hydrogen (secondary N) is 2. The number of rotatable bonds is 3. The topological polar surface area (TPSA) is 67.4 Å². The number of hydrogen-bond acceptors (Lipinski definition) is 5. The van der Waals surface area contributed by atoms with Gasteiger partial charge < -0.3 is 15.4 Å². The molecule has 0 fully saturated rings. The fraction of sp³-hybridized carbons (Fsp3) is 0.455. The Morgan fingerprint density at radius 2 is 2.29 bits per heavy atom.